The Bertz CT molecular complexity index is 477. The minimum Gasteiger partial charge on any atom is -0.355 e. The normalized spacial score (nSPS) is 21.7. The maximum atomic E-state index is 12.4. The lowest BCUT2D eigenvalue weighted by Gasteiger charge is -2.27. The number of aryl methyl sites for hydroxylation is 1. The van der Waals surface area contributed by atoms with Gasteiger partial charge in [0.15, 0.2) is 0 Å². The van der Waals surface area contributed by atoms with Crippen molar-refractivity contribution in [3.05, 3.63) is 21.9 Å². The van der Waals surface area contributed by atoms with Gasteiger partial charge in [-0.2, -0.15) is 0 Å². The fraction of sp³-hybridized carbons (Fsp3) is 0.667. The van der Waals surface area contributed by atoms with E-state index in [1.807, 2.05) is 0 Å². The molecule has 3 rings (SSSR count). The van der Waals surface area contributed by atoms with Gasteiger partial charge < -0.3 is 15.5 Å². The van der Waals surface area contributed by atoms with Crippen LogP contribution in [0.25, 0.3) is 0 Å². The third-order valence-corrected chi connectivity index (χ3v) is 6.31. The molecule has 3 heterocycles. The van der Waals surface area contributed by atoms with E-state index in [0.717, 1.165) is 57.9 Å². The van der Waals surface area contributed by atoms with Crippen molar-refractivity contribution < 1.29 is 4.79 Å². The molecule has 2 aliphatic heterocycles. The van der Waals surface area contributed by atoms with Crippen LogP contribution in [0.2, 0.25) is 0 Å². The molecule has 0 aliphatic carbocycles. The van der Waals surface area contributed by atoms with Crippen molar-refractivity contribution in [2.24, 2.45) is 0 Å². The van der Waals surface area contributed by atoms with E-state index in [1.54, 1.807) is 23.1 Å². The zero-order valence-corrected chi connectivity index (χ0v) is 15.1. The second-order valence-corrected chi connectivity index (χ2v) is 7.75. The molecule has 1 atom stereocenters. The molecular formula is C15H24ClN3OS2. The SMILES string of the molecule is Cl.O=C(NCCCN1CCNCC1)C1SCCc2sccc21. The molecular weight excluding hydrogens is 338 g/mol. The molecule has 0 bridgehead atoms. The fourth-order valence-corrected chi connectivity index (χ4v) is 5.22. The van der Waals surface area contributed by atoms with Gasteiger partial charge in [-0.3, -0.25) is 4.79 Å². The van der Waals surface area contributed by atoms with Crippen LogP contribution < -0.4 is 10.6 Å². The van der Waals surface area contributed by atoms with Crippen LogP contribution in [-0.4, -0.2) is 55.8 Å². The second-order valence-electron chi connectivity index (χ2n) is 5.54. The molecule has 2 aliphatic rings. The molecule has 0 aromatic carbocycles. The second kappa shape index (κ2) is 9.13. The number of carbonyl (C=O) groups is 1. The van der Waals surface area contributed by atoms with Crippen LogP contribution in [0.3, 0.4) is 0 Å². The summed E-state index contributed by atoms with van der Waals surface area (Å²) in [7, 11) is 0. The molecule has 1 fully saturated rings. The molecule has 124 valence electrons. The number of piperazine rings is 1. The molecule has 2 N–H and O–H groups in total. The third-order valence-electron chi connectivity index (χ3n) is 4.07. The van der Waals surface area contributed by atoms with Crippen LogP contribution in [-0.2, 0) is 11.2 Å². The number of hydrogen-bond acceptors (Lipinski definition) is 5. The van der Waals surface area contributed by atoms with Crippen LogP contribution in [0.1, 0.15) is 22.1 Å². The van der Waals surface area contributed by atoms with Crippen LogP contribution in [0.4, 0.5) is 0 Å². The smallest absolute Gasteiger partial charge is 0.237 e. The van der Waals surface area contributed by atoms with Gasteiger partial charge in [-0.15, -0.1) is 35.5 Å². The van der Waals surface area contributed by atoms with Crippen molar-refractivity contribution in [2.45, 2.75) is 18.1 Å². The lowest BCUT2D eigenvalue weighted by atomic mass is 10.1. The molecule has 1 saturated heterocycles. The molecule has 1 aromatic heterocycles. The Balaban J connectivity index is 0.00000176. The highest BCUT2D eigenvalue weighted by atomic mass is 35.5. The van der Waals surface area contributed by atoms with E-state index in [9.17, 15) is 4.79 Å². The van der Waals surface area contributed by atoms with E-state index < -0.39 is 0 Å². The van der Waals surface area contributed by atoms with Crippen LogP contribution >= 0.6 is 35.5 Å². The van der Waals surface area contributed by atoms with Gasteiger partial charge in [0.25, 0.3) is 0 Å². The Morgan fingerprint density at radius 2 is 2.23 bits per heavy atom. The van der Waals surface area contributed by atoms with Crippen molar-refractivity contribution in [3.8, 4) is 0 Å². The van der Waals surface area contributed by atoms with Crippen molar-refractivity contribution in [2.75, 3.05) is 45.0 Å². The van der Waals surface area contributed by atoms with Gasteiger partial charge in [-0.1, -0.05) is 0 Å². The molecule has 4 nitrogen and oxygen atoms in total. The average molecular weight is 362 g/mol. The molecule has 0 spiro atoms. The molecule has 22 heavy (non-hydrogen) atoms. The molecule has 7 heteroatoms. The van der Waals surface area contributed by atoms with Gasteiger partial charge in [-0.25, -0.2) is 0 Å². The number of carbonyl (C=O) groups excluding carboxylic acids is 1. The average Bonchev–Trinajstić information content (AvgIpc) is 3.01. The summed E-state index contributed by atoms with van der Waals surface area (Å²) in [5.41, 5.74) is 1.25. The largest absolute Gasteiger partial charge is 0.355 e. The van der Waals surface area contributed by atoms with Gasteiger partial charge in [0.2, 0.25) is 5.91 Å². The van der Waals surface area contributed by atoms with E-state index in [1.165, 1.54) is 10.4 Å². The minimum absolute atomic E-state index is 0. The summed E-state index contributed by atoms with van der Waals surface area (Å²) >= 11 is 3.57. The molecule has 0 saturated carbocycles. The van der Waals surface area contributed by atoms with Gasteiger partial charge in [0.05, 0.1) is 0 Å². The maximum Gasteiger partial charge on any atom is 0.237 e. The summed E-state index contributed by atoms with van der Waals surface area (Å²) in [5, 5.41) is 8.61. The Hall–Kier alpha value is -0.270. The Morgan fingerprint density at radius 1 is 1.41 bits per heavy atom. The number of thiophene rings is 1. The van der Waals surface area contributed by atoms with Gasteiger partial charge in [0, 0.05) is 37.6 Å². The molecule has 1 aromatic rings. The van der Waals surface area contributed by atoms with E-state index >= 15 is 0 Å². The van der Waals surface area contributed by atoms with Crippen LogP contribution in [0, 0.1) is 0 Å². The highest BCUT2D eigenvalue weighted by Gasteiger charge is 2.27. The standard InChI is InChI=1S/C15H23N3OS2.ClH/c19-15(14-12-2-10-20-13(12)3-11-21-14)17-4-1-7-18-8-5-16-6-9-18;/h2,10,14,16H,1,3-9,11H2,(H,17,19);1H. The summed E-state index contributed by atoms with van der Waals surface area (Å²) in [6, 6.07) is 2.12. The molecule has 1 unspecified atom stereocenters. The summed E-state index contributed by atoms with van der Waals surface area (Å²) in [4.78, 5) is 16.2. The Labute approximate surface area is 146 Å². The van der Waals surface area contributed by atoms with E-state index in [0.29, 0.717) is 0 Å². The lowest BCUT2D eigenvalue weighted by Crippen LogP contribution is -2.44. The fourth-order valence-electron chi connectivity index (χ4n) is 2.91. The number of nitrogens with one attached hydrogen (secondary N) is 2. The summed E-state index contributed by atoms with van der Waals surface area (Å²) in [6.07, 6.45) is 2.16. The maximum absolute atomic E-state index is 12.4. The number of rotatable bonds is 5. The predicted molar refractivity (Wildman–Crippen MR) is 97.4 cm³/mol. The first kappa shape index (κ1) is 18.1. The first-order valence-electron chi connectivity index (χ1n) is 7.73. The van der Waals surface area contributed by atoms with Crippen molar-refractivity contribution in [1.82, 2.24) is 15.5 Å². The van der Waals surface area contributed by atoms with Gasteiger partial charge in [-0.05, 0) is 42.1 Å². The lowest BCUT2D eigenvalue weighted by molar-refractivity contribution is -0.120. The highest BCUT2D eigenvalue weighted by Crippen LogP contribution is 2.39. The summed E-state index contributed by atoms with van der Waals surface area (Å²) < 4.78 is 0. The van der Waals surface area contributed by atoms with Gasteiger partial charge in [0.1, 0.15) is 5.25 Å². The quantitative estimate of drug-likeness (QED) is 0.786. The topological polar surface area (TPSA) is 44.4 Å². The highest BCUT2D eigenvalue weighted by molar-refractivity contribution is 8.00. The zero-order chi connectivity index (χ0) is 14.5. The number of fused-ring (bicyclic) bond motifs is 1. The first-order chi connectivity index (χ1) is 10.3. The molecule has 0 radical (unpaired) electrons. The van der Waals surface area contributed by atoms with Crippen LogP contribution in [0.5, 0.6) is 0 Å². The van der Waals surface area contributed by atoms with E-state index in [4.69, 9.17) is 0 Å². The number of hydrogen-bond donors (Lipinski definition) is 2. The first-order valence-corrected chi connectivity index (χ1v) is 9.66. The number of nitrogens with zero attached hydrogens (tertiary/aromatic N) is 1. The van der Waals surface area contributed by atoms with Crippen molar-refractivity contribution >= 4 is 41.4 Å². The van der Waals surface area contributed by atoms with Crippen LogP contribution in [0.15, 0.2) is 11.4 Å². The monoisotopic (exact) mass is 361 g/mol. The molecule has 1 amide bonds. The number of amides is 1. The third kappa shape index (κ3) is 4.61. The zero-order valence-electron chi connectivity index (χ0n) is 12.7. The number of halogens is 1. The van der Waals surface area contributed by atoms with Crippen molar-refractivity contribution in [1.29, 1.82) is 0 Å². The summed E-state index contributed by atoms with van der Waals surface area (Å²) in [5.74, 6) is 1.26. The van der Waals surface area contributed by atoms with Crippen molar-refractivity contribution in [3.63, 3.8) is 0 Å². The van der Waals surface area contributed by atoms with E-state index in [-0.39, 0.29) is 23.6 Å². The van der Waals surface area contributed by atoms with E-state index in [2.05, 4.69) is 27.0 Å². The van der Waals surface area contributed by atoms with Gasteiger partial charge >= 0.3 is 0 Å². The Kier molecular flexibility index (Phi) is 7.50. The number of thioether (sulfide) groups is 1. The Morgan fingerprint density at radius 3 is 3.05 bits per heavy atom. The minimum atomic E-state index is 0. The summed E-state index contributed by atoms with van der Waals surface area (Å²) in [6.45, 7) is 6.32. The predicted octanol–water partition coefficient (Wildman–Crippen LogP) is 1.91.